The van der Waals surface area contributed by atoms with Gasteiger partial charge in [-0.1, -0.05) is 32.3 Å². The third kappa shape index (κ3) is 4.46. The molecular weight excluding hydrogens is 316 g/mol. The maximum absolute atomic E-state index is 12.4. The van der Waals surface area contributed by atoms with E-state index in [1.807, 2.05) is 19.9 Å². The molecule has 5 nitrogen and oxygen atoms in total. The minimum Gasteiger partial charge on any atom is -0.493 e. The molecule has 0 heterocycles. The van der Waals surface area contributed by atoms with Crippen molar-refractivity contribution in [3.63, 3.8) is 0 Å². The molecule has 0 aromatic heterocycles. The quantitative estimate of drug-likeness (QED) is 0.794. The first-order chi connectivity index (χ1) is 11.9. The molecule has 25 heavy (non-hydrogen) atoms. The highest BCUT2D eigenvalue weighted by molar-refractivity contribution is 5.79. The van der Waals surface area contributed by atoms with Crippen LogP contribution in [0.1, 0.15) is 51.5 Å². The molecule has 0 saturated heterocycles. The number of nitrogens with one attached hydrogen (secondary N) is 1. The molecule has 140 valence electrons. The zero-order valence-corrected chi connectivity index (χ0v) is 15.9. The maximum atomic E-state index is 12.4. The Morgan fingerprint density at radius 1 is 1.16 bits per heavy atom. The SMILES string of the molecule is COc1ccc(C2(CNC(=O)C(C)C(C)N)CCCCC2)cc1OC. The molecule has 0 radical (unpaired) electrons. The summed E-state index contributed by atoms with van der Waals surface area (Å²) in [5, 5.41) is 3.15. The maximum Gasteiger partial charge on any atom is 0.224 e. The molecule has 3 N–H and O–H groups in total. The number of hydrogen-bond donors (Lipinski definition) is 2. The van der Waals surface area contributed by atoms with Crippen molar-refractivity contribution in [2.75, 3.05) is 20.8 Å². The number of methoxy groups -OCH3 is 2. The Labute approximate surface area is 151 Å². The van der Waals surface area contributed by atoms with Crippen molar-refractivity contribution in [2.45, 2.75) is 57.4 Å². The second-order valence-electron chi connectivity index (χ2n) is 7.28. The molecule has 5 heteroatoms. The Balaban J connectivity index is 2.24. The fourth-order valence-corrected chi connectivity index (χ4v) is 3.62. The number of rotatable bonds is 7. The van der Waals surface area contributed by atoms with E-state index in [1.54, 1.807) is 14.2 Å². The van der Waals surface area contributed by atoms with E-state index in [2.05, 4.69) is 17.4 Å². The third-order valence-electron chi connectivity index (χ3n) is 5.61. The van der Waals surface area contributed by atoms with Crippen LogP contribution in [0, 0.1) is 5.92 Å². The third-order valence-corrected chi connectivity index (χ3v) is 5.61. The molecule has 2 atom stereocenters. The first kappa shape index (κ1) is 19.6. The monoisotopic (exact) mass is 348 g/mol. The minimum atomic E-state index is -0.189. The lowest BCUT2D eigenvalue weighted by atomic mass is 9.69. The molecule has 1 saturated carbocycles. The van der Waals surface area contributed by atoms with Gasteiger partial charge in [-0.05, 0) is 37.5 Å². The normalized spacial score (nSPS) is 18.9. The molecule has 1 aromatic carbocycles. The van der Waals surface area contributed by atoms with Crippen molar-refractivity contribution in [3.8, 4) is 11.5 Å². The number of hydrogen-bond acceptors (Lipinski definition) is 4. The van der Waals surface area contributed by atoms with E-state index in [9.17, 15) is 4.79 Å². The largest absolute Gasteiger partial charge is 0.493 e. The Morgan fingerprint density at radius 3 is 2.36 bits per heavy atom. The summed E-state index contributed by atoms with van der Waals surface area (Å²) in [4.78, 5) is 12.4. The first-order valence-corrected chi connectivity index (χ1v) is 9.19. The van der Waals surface area contributed by atoms with Crippen LogP contribution in [0.5, 0.6) is 11.5 Å². The Kier molecular flexibility index (Phi) is 6.71. The van der Waals surface area contributed by atoms with Crippen molar-refractivity contribution in [1.29, 1.82) is 0 Å². The molecule has 0 spiro atoms. The highest BCUT2D eigenvalue weighted by atomic mass is 16.5. The van der Waals surface area contributed by atoms with Crippen molar-refractivity contribution in [1.82, 2.24) is 5.32 Å². The molecule has 1 amide bonds. The summed E-state index contributed by atoms with van der Waals surface area (Å²) in [5.41, 5.74) is 7.02. The van der Waals surface area contributed by atoms with Gasteiger partial charge in [0.25, 0.3) is 0 Å². The van der Waals surface area contributed by atoms with E-state index in [-0.39, 0.29) is 23.3 Å². The molecular formula is C20H32N2O3. The van der Waals surface area contributed by atoms with Crippen molar-refractivity contribution in [3.05, 3.63) is 23.8 Å². The van der Waals surface area contributed by atoms with Gasteiger partial charge in [-0.15, -0.1) is 0 Å². The van der Waals surface area contributed by atoms with Crippen LogP contribution in [-0.2, 0) is 10.2 Å². The van der Waals surface area contributed by atoms with Crippen LogP contribution in [0.15, 0.2) is 18.2 Å². The number of benzene rings is 1. The van der Waals surface area contributed by atoms with Crippen molar-refractivity contribution >= 4 is 5.91 Å². The average molecular weight is 348 g/mol. The van der Waals surface area contributed by atoms with Crippen LogP contribution in [0.4, 0.5) is 0 Å². The predicted molar refractivity (Wildman–Crippen MR) is 100 cm³/mol. The van der Waals surface area contributed by atoms with E-state index in [0.29, 0.717) is 6.54 Å². The Bertz CT molecular complexity index is 580. The van der Waals surface area contributed by atoms with Gasteiger partial charge in [-0.3, -0.25) is 4.79 Å². The van der Waals surface area contributed by atoms with Crippen molar-refractivity contribution in [2.24, 2.45) is 11.7 Å². The Morgan fingerprint density at radius 2 is 1.80 bits per heavy atom. The lowest BCUT2D eigenvalue weighted by Gasteiger charge is -2.38. The lowest BCUT2D eigenvalue weighted by molar-refractivity contribution is -0.125. The first-order valence-electron chi connectivity index (χ1n) is 9.19. The summed E-state index contributed by atoms with van der Waals surface area (Å²) in [6.45, 7) is 4.39. The summed E-state index contributed by atoms with van der Waals surface area (Å²) in [6, 6.07) is 5.97. The van der Waals surface area contributed by atoms with Crippen LogP contribution < -0.4 is 20.5 Å². The molecule has 1 aromatic rings. The zero-order chi connectivity index (χ0) is 18.4. The second kappa shape index (κ2) is 8.56. The fraction of sp³-hybridized carbons (Fsp3) is 0.650. The van der Waals surface area contributed by atoms with E-state index < -0.39 is 0 Å². The molecule has 1 fully saturated rings. The molecule has 1 aliphatic carbocycles. The van der Waals surface area contributed by atoms with Gasteiger partial charge < -0.3 is 20.5 Å². The van der Waals surface area contributed by atoms with Gasteiger partial charge in [0.05, 0.1) is 14.2 Å². The summed E-state index contributed by atoms with van der Waals surface area (Å²) >= 11 is 0. The summed E-state index contributed by atoms with van der Waals surface area (Å²) in [5.74, 6) is 1.30. The number of ether oxygens (including phenoxy) is 2. The molecule has 1 aliphatic rings. The van der Waals surface area contributed by atoms with Gasteiger partial charge >= 0.3 is 0 Å². The topological polar surface area (TPSA) is 73.6 Å². The van der Waals surface area contributed by atoms with Crippen molar-refractivity contribution < 1.29 is 14.3 Å². The second-order valence-corrected chi connectivity index (χ2v) is 7.28. The van der Waals surface area contributed by atoms with Crippen LogP contribution in [-0.4, -0.2) is 32.7 Å². The van der Waals surface area contributed by atoms with E-state index in [4.69, 9.17) is 15.2 Å². The van der Waals surface area contributed by atoms with Gasteiger partial charge in [0.2, 0.25) is 5.91 Å². The van der Waals surface area contributed by atoms with Gasteiger partial charge in [0.15, 0.2) is 11.5 Å². The molecule has 0 aliphatic heterocycles. The Hall–Kier alpha value is -1.75. The van der Waals surface area contributed by atoms with Crippen LogP contribution in [0.25, 0.3) is 0 Å². The summed E-state index contributed by atoms with van der Waals surface area (Å²) < 4.78 is 10.8. The predicted octanol–water partition coefficient (Wildman–Crippen LogP) is 3.01. The van der Waals surface area contributed by atoms with Gasteiger partial charge in [-0.2, -0.15) is 0 Å². The highest BCUT2D eigenvalue weighted by Crippen LogP contribution is 2.42. The van der Waals surface area contributed by atoms with Crippen LogP contribution >= 0.6 is 0 Å². The van der Waals surface area contributed by atoms with Gasteiger partial charge in [0.1, 0.15) is 0 Å². The summed E-state index contributed by atoms with van der Waals surface area (Å²) in [6.07, 6.45) is 5.73. The molecule has 2 rings (SSSR count). The number of nitrogens with two attached hydrogens (primary N) is 1. The minimum absolute atomic E-state index is 0.0282. The zero-order valence-electron chi connectivity index (χ0n) is 15.9. The molecule has 0 bridgehead atoms. The van der Waals surface area contributed by atoms with E-state index >= 15 is 0 Å². The van der Waals surface area contributed by atoms with Gasteiger partial charge in [-0.25, -0.2) is 0 Å². The van der Waals surface area contributed by atoms with Crippen LogP contribution in [0.3, 0.4) is 0 Å². The summed E-state index contributed by atoms with van der Waals surface area (Å²) in [7, 11) is 3.30. The smallest absolute Gasteiger partial charge is 0.224 e. The number of amides is 1. The number of carbonyl (C=O) groups is 1. The fourth-order valence-electron chi connectivity index (χ4n) is 3.62. The average Bonchev–Trinajstić information content (AvgIpc) is 2.65. The van der Waals surface area contributed by atoms with E-state index in [1.165, 1.54) is 24.8 Å². The number of carbonyl (C=O) groups excluding carboxylic acids is 1. The highest BCUT2D eigenvalue weighted by Gasteiger charge is 2.35. The van der Waals surface area contributed by atoms with Crippen LogP contribution in [0.2, 0.25) is 0 Å². The lowest BCUT2D eigenvalue weighted by Crippen LogP contribution is -2.46. The van der Waals surface area contributed by atoms with Gasteiger partial charge in [0, 0.05) is 23.9 Å². The standard InChI is InChI=1S/C20H32N2O3/c1-14(15(2)21)19(23)22-13-20(10-6-5-7-11-20)16-8-9-17(24-3)18(12-16)25-4/h8-9,12,14-15H,5-7,10-11,13,21H2,1-4H3,(H,22,23). The van der Waals surface area contributed by atoms with E-state index in [0.717, 1.165) is 24.3 Å². The molecule has 2 unspecified atom stereocenters.